The molecule has 30 heavy (non-hydrogen) atoms. The Hall–Kier alpha value is -2.27. The van der Waals surface area contributed by atoms with Crippen LogP contribution in [-0.4, -0.2) is 43.8 Å². The van der Waals surface area contributed by atoms with Gasteiger partial charge in [0.2, 0.25) is 15.9 Å². The van der Waals surface area contributed by atoms with Gasteiger partial charge in [0.15, 0.2) is 5.13 Å². The predicted molar refractivity (Wildman–Crippen MR) is 119 cm³/mol. The number of aromatic nitrogens is 1. The molecule has 3 aromatic rings. The van der Waals surface area contributed by atoms with Gasteiger partial charge in [-0.1, -0.05) is 6.07 Å². The van der Waals surface area contributed by atoms with Crippen molar-refractivity contribution in [2.75, 3.05) is 25.5 Å². The number of benzene rings is 1. The number of rotatable bonds is 6. The van der Waals surface area contributed by atoms with Gasteiger partial charge in [-0.25, -0.2) is 13.4 Å². The van der Waals surface area contributed by atoms with Crippen molar-refractivity contribution in [1.82, 2.24) is 9.29 Å². The highest BCUT2D eigenvalue weighted by Crippen LogP contribution is 2.30. The normalized spacial score (nSPS) is 17.6. The molecule has 2 aromatic heterocycles. The molecule has 1 amide bonds. The third-order valence-corrected chi connectivity index (χ3v) is 8.49. The lowest BCUT2D eigenvalue weighted by Gasteiger charge is -2.31. The second kappa shape index (κ2) is 8.84. The summed E-state index contributed by atoms with van der Waals surface area (Å²) in [5.74, 6) is -0.0206. The number of methoxy groups -OCH3 is 1. The van der Waals surface area contributed by atoms with E-state index in [4.69, 9.17) is 4.74 Å². The zero-order valence-corrected chi connectivity index (χ0v) is 18.7. The highest BCUT2D eigenvalue weighted by Gasteiger charge is 2.33. The van der Waals surface area contributed by atoms with Crippen molar-refractivity contribution in [2.45, 2.75) is 17.7 Å². The van der Waals surface area contributed by atoms with Crippen molar-refractivity contribution in [1.29, 1.82) is 0 Å². The van der Waals surface area contributed by atoms with Crippen molar-refractivity contribution in [3.05, 3.63) is 47.2 Å². The molecule has 10 heteroatoms. The number of hydrogen-bond acceptors (Lipinski definition) is 7. The van der Waals surface area contributed by atoms with Crippen LogP contribution in [0, 0.1) is 5.92 Å². The molecule has 0 saturated carbocycles. The largest absolute Gasteiger partial charge is 0.497 e. The molecular weight excluding hydrogens is 442 g/mol. The monoisotopic (exact) mass is 463 g/mol. The summed E-state index contributed by atoms with van der Waals surface area (Å²) in [6.07, 6.45) is 1.27. The van der Waals surface area contributed by atoms with Crippen molar-refractivity contribution < 1.29 is 17.9 Å². The standard InChI is InChI=1S/C20H21N3O4S3/c1-27-15-6-8-16(9-7-15)30(25,26)23-10-2-4-14(12-23)19(24)22-20-21-17(13-29-20)18-5-3-11-28-18/h3,5-9,11,13-14H,2,4,10,12H2,1H3,(H,21,22,24)/t14-/m0/s1. The quantitative estimate of drug-likeness (QED) is 0.599. The summed E-state index contributed by atoms with van der Waals surface area (Å²) in [6.45, 7) is 0.557. The number of piperidine rings is 1. The summed E-state index contributed by atoms with van der Waals surface area (Å²) in [5, 5.41) is 7.27. The Labute approximate surface area is 183 Å². The van der Waals surface area contributed by atoms with Gasteiger partial charge in [0.1, 0.15) is 5.75 Å². The maximum absolute atomic E-state index is 13.0. The summed E-state index contributed by atoms with van der Waals surface area (Å²) in [7, 11) is -2.13. The molecule has 1 aliphatic rings. The molecule has 0 bridgehead atoms. The molecule has 158 valence electrons. The summed E-state index contributed by atoms with van der Waals surface area (Å²) < 4.78 is 32.5. The molecule has 3 heterocycles. The van der Waals surface area contributed by atoms with Crippen molar-refractivity contribution in [3.8, 4) is 16.3 Å². The maximum Gasteiger partial charge on any atom is 0.243 e. The van der Waals surface area contributed by atoms with Gasteiger partial charge >= 0.3 is 0 Å². The lowest BCUT2D eigenvalue weighted by atomic mass is 9.99. The number of carbonyl (C=O) groups is 1. The average Bonchev–Trinajstić information content (AvgIpc) is 3.46. The lowest BCUT2D eigenvalue weighted by Crippen LogP contribution is -2.43. The van der Waals surface area contributed by atoms with Crippen LogP contribution in [0.1, 0.15) is 12.8 Å². The van der Waals surface area contributed by atoms with Crippen molar-refractivity contribution >= 4 is 43.7 Å². The van der Waals surface area contributed by atoms with Crippen LogP contribution in [0.25, 0.3) is 10.6 Å². The first-order valence-corrected chi connectivity index (χ1v) is 12.6. The van der Waals surface area contributed by atoms with E-state index in [9.17, 15) is 13.2 Å². The molecule has 1 fully saturated rings. The topological polar surface area (TPSA) is 88.6 Å². The van der Waals surface area contributed by atoms with Gasteiger partial charge in [0.25, 0.3) is 0 Å². The number of amides is 1. The van der Waals surface area contributed by atoms with E-state index in [1.807, 2.05) is 22.9 Å². The molecule has 1 atom stereocenters. The van der Waals surface area contributed by atoms with Crippen molar-refractivity contribution in [3.63, 3.8) is 0 Å². The number of thiazole rings is 1. The van der Waals surface area contributed by atoms with Crippen LogP contribution in [0.4, 0.5) is 5.13 Å². The minimum Gasteiger partial charge on any atom is -0.497 e. The summed E-state index contributed by atoms with van der Waals surface area (Å²) >= 11 is 2.96. The number of thiophene rings is 1. The predicted octanol–water partition coefficient (Wildman–Crippen LogP) is 3.92. The van der Waals surface area contributed by atoms with Crippen LogP contribution in [-0.2, 0) is 14.8 Å². The van der Waals surface area contributed by atoms with E-state index < -0.39 is 15.9 Å². The Morgan fingerprint density at radius 1 is 1.23 bits per heavy atom. The molecule has 1 N–H and O–H groups in total. The SMILES string of the molecule is COc1ccc(S(=O)(=O)N2CCC[C@H](C(=O)Nc3nc(-c4cccs4)cs3)C2)cc1. The fourth-order valence-corrected chi connectivity index (χ4v) is 6.35. The molecule has 0 aliphatic carbocycles. The van der Waals surface area contributed by atoms with Gasteiger partial charge in [-0.15, -0.1) is 22.7 Å². The number of hydrogen-bond donors (Lipinski definition) is 1. The molecular formula is C20H21N3O4S3. The third-order valence-electron chi connectivity index (χ3n) is 4.96. The first-order valence-electron chi connectivity index (χ1n) is 9.42. The minimum atomic E-state index is -3.67. The van der Waals surface area contributed by atoms with Crippen molar-refractivity contribution in [2.24, 2.45) is 5.92 Å². The molecule has 0 spiro atoms. The average molecular weight is 464 g/mol. The van der Waals surface area contributed by atoms with E-state index in [1.54, 1.807) is 23.5 Å². The zero-order chi connectivity index (χ0) is 21.1. The Bertz CT molecular complexity index is 1110. The van der Waals surface area contributed by atoms with Crippen LogP contribution < -0.4 is 10.1 Å². The van der Waals surface area contributed by atoms with Gasteiger partial charge in [0.05, 0.1) is 28.5 Å². The lowest BCUT2D eigenvalue weighted by molar-refractivity contribution is -0.120. The van der Waals surface area contributed by atoms with Gasteiger partial charge in [-0.05, 0) is 48.6 Å². The molecule has 0 radical (unpaired) electrons. The van der Waals surface area contributed by atoms with Crippen LogP contribution in [0.2, 0.25) is 0 Å². The van der Waals surface area contributed by atoms with Gasteiger partial charge in [-0.2, -0.15) is 4.31 Å². The van der Waals surface area contributed by atoms with Crippen LogP contribution in [0.5, 0.6) is 5.75 Å². The second-order valence-electron chi connectivity index (χ2n) is 6.88. The molecule has 1 aliphatic heterocycles. The Morgan fingerprint density at radius 2 is 2.03 bits per heavy atom. The van der Waals surface area contributed by atoms with E-state index in [1.165, 1.54) is 34.9 Å². The number of carbonyl (C=O) groups excluding carboxylic acids is 1. The van der Waals surface area contributed by atoms with E-state index in [0.717, 1.165) is 10.6 Å². The molecule has 1 aromatic carbocycles. The van der Waals surface area contributed by atoms with E-state index in [2.05, 4.69) is 10.3 Å². The zero-order valence-electron chi connectivity index (χ0n) is 16.3. The van der Waals surface area contributed by atoms with Crippen LogP contribution in [0.3, 0.4) is 0 Å². The fraction of sp³-hybridized carbons (Fsp3) is 0.300. The number of nitrogens with zero attached hydrogens (tertiary/aromatic N) is 2. The molecule has 4 rings (SSSR count). The van der Waals surface area contributed by atoms with E-state index >= 15 is 0 Å². The Morgan fingerprint density at radius 3 is 2.73 bits per heavy atom. The molecule has 1 saturated heterocycles. The van der Waals surface area contributed by atoms with Gasteiger partial charge in [0, 0.05) is 18.5 Å². The molecule has 7 nitrogen and oxygen atoms in total. The minimum absolute atomic E-state index is 0.156. The van der Waals surface area contributed by atoms with Gasteiger partial charge < -0.3 is 10.1 Å². The smallest absolute Gasteiger partial charge is 0.243 e. The van der Waals surface area contributed by atoms with E-state index in [0.29, 0.717) is 30.3 Å². The second-order valence-corrected chi connectivity index (χ2v) is 10.6. The highest BCUT2D eigenvalue weighted by atomic mass is 32.2. The first-order chi connectivity index (χ1) is 14.5. The third kappa shape index (κ3) is 4.41. The summed E-state index contributed by atoms with van der Waals surface area (Å²) in [6, 6.07) is 10.2. The van der Waals surface area contributed by atoms with Crippen LogP contribution in [0.15, 0.2) is 52.1 Å². The Kier molecular flexibility index (Phi) is 6.19. The number of ether oxygens (including phenoxy) is 1. The summed E-state index contributed by atoms with van der Waals surface area (Å²) in [4.78, 5) is 18.5. The highest BCUT2D eigenvalue weighted by molar-refractivity contribution is 7.89. The van der Waals surface area contributed by atoms with Crippen LogP contribution >= 0.6 is 22.7 Å². The maximum atomic E-state index is 13.0. The van der Waals surface area contributed by atoms with E-state index in [-0.39, 0.29) is 17.3 Å². The summed E-state index contributed by atoms with van der Waals surface area (Å²) in [5.41, 5.74) is 0.831. The fourth-order valence-electron chi connectivity index (χ4n) is 3.35. The number of sulfonamides is 1. The Balaban J connectivity index is 1.43. The number of anilines is 1. The first kappa shape index (κ1) is 21.0. The van der Waals surface area contributed by atoms with Gasteiger partial charge in [-0.3, -0.25) is 4.79 Å². The molecule has 0 unspecified atom stereocenters. The number of nitrogens with one attached hydrogen (secondary N) is 1.